The fraction of sp³-hybridized carbons (Fsp3) is 0.167. The Bertz CT molecular complexity index is 878. The molecule has 0 radical (unpaired) electrons. The van der Waals surface area contributed by atoms with Crippen LogP contribution in [0.2, 0.25) is 0 Å². The summed E-state index contributed by atoms with van der Waals surface area (Å²) < 4.78 is 13.6. The van der Waals surface area contributed by atoms with Gasteiger partial charge in [-0.2, -0.15) is 0 Å². The normalized spacial score (nSPS) is 17.4. The summed E-state index contributed by atoms with van der Waals surface area (Å²) >= 11 is 0. The van der Waals surface area contributed by atoms with E-state index in [4.69, 9.17) is 0 Å². The van der Waals surface area contributed by atoms with Gasteiger partial charge in [-0.1, -0.05) is 24.3 Å². The molecule has 3 aromatic rings. The van der Waals surface area contributed by atoms with E-state index >= 15 is 0 Å². The lowest BCUT2D eigenvalue weighted by Crippen LogP contribution is -1.98. The number of H-pyrrole nitrogens is 1. The molecule has 0 amide bonds. The Morgan fingerprint density at radius 2 is 2.00 bits per heavy atom. The molecule has 0 spiro atoms. The van der Waals surface area contributed by atoms with Crippen molar-refractivity contribution in [3.05, 3.63) is 70.7 Å². The van der Waals surface area contributed by atoms with E-state index in [0.717, 1.165) is 33.3 Å². The monoisotopic (exact) mass is 279 g/mol. The van der Waals surface area contributed by atoms with Gasteiger partial charge in [0.2, 0.25) is 0 Å². The Morgan fingerprint density at radius 1 is 1.19 bits per heavy atom. The van der Waals surface area contributed by atoms with Crippen molar-refractivity contribution in [2.75, 3.05) is 0 Å². The number of carbonyl (C=O) groups excluding carboxylic acids is 1. The number of halogens is 1. The molecule has 4 rings (SSSR count). The SMILES string of the molecule is Cc1[nH]c2ccc(F)cc2c1C1CC(=O)c2ccccc21. The molecule has 0 bridgehead atoms. The lowest BCUT2D eigenvalue weighted by atomic mass is 9.91. The van der Waals surface area contributed by atoms with Crippen molar-refractivity contribution in [3.63, 3.8) is 0 Å². The van der Waals surface area contributed by atoms with E-state index in [1.807, 2.05) is 31.2 Å². The number of rotatable bonds is 1. The predicted molar refractivity (Wildman–Crippen MR) is 80.2 cm³/mol. The third-order valence-electron chi connectivity index (χ3n) is 4.37. The summed E-state index contributed by atoms with van der Waals surface area (Å²) in [5.74, 6) is -0.0645. The number of nitrogens with one attached hydrogen (secondary N) is 1. The number of aromatic nitrogens is 1. The zero-order valence-corrected chi connectivity index (χ0v) is 11.6. The number of benzene rings is 2. The maximum Gasteiger partial charge on any atom is 0.164 e. The first kappa shape index (κ1) is 12.3. The van der Waals surface area contributed by atoms with Gasteiger partial charge in [0.15, 0.2) is 5.78 Å². The van der Waals surface area contributed by atoms with Gasteiger partial charge >= 0.3 is 0 Å². The molecule has 1 N–H and O–H groups in total. The first-order valence-electron chi connectivity index (χ1n) is 7.05. The minimum Gasteiger partial charge on any atom is -0.358 e. The van der Waals surface area contributed by atoms with Crippen molar-refractivity contribution in [2.45, 2.75) is 19.3 Å². The highest BCUT2D eigenvalue weighted by Gasteiger charge is 2.32. The summed E-state index contributed by atoms with van der Waals surface area (Å²) in [5.41, 5.74) is 4.82. The van der Waals surface area contributed by atoms with Gasteiger partial charge in [0.05, 0.1) is 0 Å². The van der Waals surface area contributed by atoms with Crippen LogP contribution < -0.4 is 0 Å². The van der Waals surface area contributed by atoms with E-state index in [0.29, 0.717) is 6.42 Å². The number of aryl methyl sites for hydroxylation is 1. The molecule has 2 nitrogen and oxygen atoms in total. The fourth-order valence-corrected chi connectivity index (χ4v) is 3.49. The molecular weight excluding hydrogens is 265 g/mol. The van der Waals surface area contributed by atoms with Gasteiger partial charge in [0, 0.05) is 34.5 Å². The van der Waals surface area contributed by atoms with Gasteiger partial charge in [-0.3, -0.25) is 4.79 Å². The van der Waals surface area contributed by atoms with Crippen LogP contribution in [0.25, 0.3) is 10.9 Å². The molecule has 1 aromatic heterocycles. The van der Waals surface area contributed by atoms with Crippen LogP contribution in [0.3, 0.4) is 0 Å². The van der Waals surface area contributed by atoms with Gasteiger partial charge in [-0.05, 0) is 36.2 Å². The molecule has 0 fully saturated rings. The van der Waals surface area contributed by atoms with Crippen molar-refractivity contribution in [1.29, 1.82) is 0 Å². The molecule has 1 heterocycles. The molecule has 1 aliphatic rings. The number of fused-ring (bicyclic) bond motifs is 2. The maximum atomic E-state index is 13.6. The Balaban J connectivity index is 1.98. The third kappa shape index (κ3) is 1.74. The molecule has 0 saturated carbocycles. The van der Waals surface area contributed by atoms with Crippen molar-refractivity contribution in [1.82, 2.24) is 4.98 Å². The summed E-state index contributed by atoms with van der Waals surface area (Å²) in [6, 6.07) is 12.5. The molecule has 2 aromatic carbocycles. The lowest BCUT2D eigenvalue weighted by molar-refractivity contribution is 0.0991. The van der Waals surface area contributed by atoms with Crippen molar-refractivity contribution < 1.29 is 9.18 Å². The van der Waals surface area contributed by atoms with Crippen LogP contribution in [0, 0.1) is 12.7 Å². The number of Topliss-reactive ketones (excluding diaryl/α,β-unsaturated/α-hetero) is 1. The van der Waals surface area contributed by atoms with E-state index in [2.05, 4.69) is 4.98 Å². The second-order valence-corrected chi connectivity index (χ2v) is 5.62. The molecule has 21 heavy (non-hydrogen) atoms. The topological polar surface area (TPSA) is 32.9 Å². The fourth-order valence-electron chi connectivity index (χ4n) is 3.49. The van der Waals surface area contributed by atoms with Crippen molar-refractivity contribution in [3.8, 4) is 0 Å². The van der Waals surface area contributed by atoms with E-state index in [1.54, 1.807) is 12.1 Å². The number of hydrogen-bond donors (Lipinski definition) is 1. The Kier molecular flexibility index (Phi) is 2.52. The van der Waals surface area contributed by atoms with Crippen LogP contribution in [-0.4, -0.2) is 10.8 Å². The molecule has 1 unspecified atom stereocenters. The van der Waals surface area contributed by atoms with Crippen LogP contribution in [0.4, 0.5) is 4.39 Å². The van der Waals surface area contributed by atoms with Gasteiger partial charge < -0.3 is 4.98 Å². The summed E-state index contributed by atoms with van der Waals surface area (Å²) in [6.45, 7) is 1.98. The standard InChI is InChI=1S/C18H14FNO/c1-10-18(15-8-11(19)6-7-16(15)20-10)14-9-17(21)13-5-3-2-4-12(13)14/h2-8,14,20H,9H2,1H3. The minimum atomic E-state index is -0.250. The smallest absolute Gasteiger partial charge is 0.164 e. The number of aromatic amines is 1. The highest BCUT2D eigenvalue weighted by atomic mass is 19.1. The van der Waals surface area contributed by atoms with Crippen LogP contribution in [0.15, 0.2) is 42.5 Å². The first-order valence-corrected chi connectivity index (χ1v) is 7.05. The highest BCUT2D eigenvalue weighted by molar-refractivity contribution is 6.03. The largest absolute Gasteiger partial charge is 0.358 e. The summed E-state index contributed by atoms with van der Waals surface area (Å²) in [7, 11) is 0. The van der Waals surface area contributed by atoms with Gasteiger partial charge in [0.25, 0.3) is 0 Å². The average molecular weight is 279 g/mol. The Hall–Kier alpha value is -2.42. The third-order valence-corrected chi connectivity index (χ3v) is 4.37. The predicted octanol–water partition coefficient (Wildman–Crippen LogP) is 4.33. The molecule has 3 heteroatoms. The lowest BCUT2D eigenvalue weighted by Gasteiger charge is -2.11. The highest BCUT2D eigenvalue weighted by Crippen LogP contribution is 2.42. The summed E-state index contributed by atoms with van der Waals surface area (Å²) in [5, 5.41) is 0.877. The molecule has 0 saturated heterocycles. The minimum absolute atomic E-state index is 0.0178. The number of ketones is 1. The quantitative estimate of drug-likeness (QED) is 0.706. The molecular formula is C18H14FNO. The van der Waals surface area contributed by atoms with Crippen LogP contribution in [-0.2, 0) is 0 Å². The van der Waals surface area contributed by atoms with Gasteiger partial charge in [0.1, 0.15) is 5.82 Å². The summed E-state index contributed by atoms with van der Waals surface area (Å²) in [4.78, 5) is 15.5. The molecule has 1 aliphatic carbocycles. The van der Waals surface area contributed by atoms with Crippen LogP contribution in [0.5, 0.6) is 0 Å². The van der Waals surface area contributed by atoms with Gasteiger partial charge in [-0.25, -0.2) is 4.39 Å². The zero-order chi connectivity index (χ0) is 14.6. The zero-order valence-electron chi connectivity index (χ0n) is 11.6. The van der Waals surface area contributed by atoms with Crippen LogP contribution in [0.1, 0.15) is 39.5 Å². The molecule has 1 atom stereocenters. The maximum absolute atomic E-state index is 13.6. The van der Waals surface area contributed by atoms with Crippen LogP contribution >= 0.6 is 0 Å². The van der Waals surface area contributed by atoms with E-state index in [1.165, 1.54) is 6.07 Å². The Morgan fingerprint density at radius 3 is 2.86 bits per heavy atom. The number of carbonyl (C=O) groups is 1. The summed E-state index contributed by atoms with van der Waals surface area (Å²) in [6.07, 6.45) is 0.462. The molecule has 0 aliphatic heterocycles. The first-order chi connectivity index (χ1) is 10.1. The Labute approximate surface area is 121 Å². The molecule has 104 valence electrons. The number of hydrogen-bond acceptors (Lipinski definition) is 1. The van der Waals surface area contributed by atoms with Gasteiger partial charge in [-0.15, -0.1) is 0 Å². The van der Waals surface area contributed by atoms with E-state index in [9.17, 15) is 9.18 Å². The second-order valence-electron chi connectivity index (χ2n) is 5.62. The van der Waals surface area contributed by atoms with E-state index < -0.39 is 0 Å². The van der Waals surface area contributed by atoms with Crippen molar-refractivity contribution >= 4 is 16.7 Å². The second kappa shape index (κ2) is 4.29. The van der Waals surface area contributed by atoms with Crippen molar-refractivity contribution in [2.24, 2.45) is 0 Å². The average Bonchev–Trinajstić information content (AvgIpc) is 2.96. The van der Waals surface area contributed by atoms with E-state index in [-0.39, 0.29) is 17.5 Å².